The van der Waals surface area contributed by atoms with Gasteiger partial charge < -0.3 is 9.47 Å². The zero-order valence-electron chi connectivity index (χ0n) is 12.5. The van der Waals surface area contributed by atoms with Crippen molar-refractivity contribution < 1.29 is 24.0 Å². The number of rotatable bonds is 5. The van der Waals surface area contributed by atoms with Crippen LogP contribution < -0.4 is 4.74 Å². The molecule has 1 atom stereocenters. The van der Waals surface area contributed by atoms with E-state index in [1.807, 2.05) is 0 Å². The zero-order chi connectivity index (χ0) is 17.0. The van der Waals surface area contributed by atoms with Crippen LogP contribution in [0.5, 0.6) is 5.75 Å². The molecule has 0 spiro atoms. The van der Waals surface area contributed by atoms with Gasteiger partial charge in [-0.3, -0.25) is 19.7 Å². The second-order valence-corrected chi connectivity index (χ2v) is 4.82. The van der Waals surface area contributed by atoms with E-state index in [2.05, 4.69) is 4.99 Å². The molecule has 8 heteroatoms. The van der Waals surface area contributed by atoms with Gasteiger partial charge in [-0.1, -0.05) is 12.1 Å². The van der Waals surface area contributed by atoms with Crippen LogP contribution in [-0.4, -0.2) is 35.7 Å². The van der Waals surface area contributed by atoms with Gasteiger partial charge in [0.2, 0.25) is 0 Å². The molecular formula is C15H14N2O6. The lowest BCUT2D eigenvalue weighted by Crippen LogP contribution is -2.35. The molecule has 23 heavy (non-hydrogen) atoms. The molecule has 8 nitrogen and oxygen atoms in total. The van der Waals surface area contributed by atoms with Gasteiger partial charge in [0.25, 0.3) is 0 Å². The largest absolute Gasteiger partial charge is 0.497 e. The van der Waals surface area contributed by atoms with Crippen LogP contribution in [0.3, 0.4) is 0 Å². The van der Waals surface area contributed by atoms with Crippen molar-refractivity contribution in [3.05, 3.63) is 51.8 Å². The van der Waals surface area contributed by atoms with E-state index in [0.717, 1.165) is 0 Å². The molecule has 0 aromatic heterocycles. The van der Waals surface area contributed by atoms with Gasteiger partial charge in [-0.05, 0) is 24.6 Å². The van der Waals surface area contributed by atoms with E-state index in [-0.39, 0.29) is 17.9 Å². The van der Waals surface area contributed by atoms with Crippen LogP contribution in [0.1, 0.15) is 12.5 Å². The number of benzene rings is 1. The Morgan fingerprint density at radius 1 is 1.35 bits per heavy atom. The Kier molecular flexibility index (Phi) is 4.85. The Labute approximate surface area is 131 Å². The minimum Gasteiger partial charge on any atom is -0.497 e. The predicted octanol–water partition coefficient (Wildman–Crippen LogP) is 1.31. The Bertz CT molecular complexity index is 705. The second kappa shape index (κ2) is 6.82. The number of carbonyl (C=O) groups is 2. The Balaban J connectivity index is 2.09. The molecule has 1 aliphatic rings. The number of dihydropyridines is 1. The fourth-order valence-electron chi connectivity index (χ4n) is 2.03. The number of methoxy groups -OCH3 is 1. The van der Waals surface area contributed by atoms with E-state index in [0.29, 0.717) is 11.3 Å². The summed E-state index contributed by atoms with van der Waals surface area (Å²) in [6.45, 7) is 1.49. The van der Waals surface area contributed by atoms with Crippen LogP contribution in [0.15, 0.2) is 41.1 Å². The van der Waals surface area contributed by atoms with Crippen molar-refractivity contribution in [2.75, 3.05) is 7.11 Å². The lowest BCUT2D eigenvalue weighted by atomic mass is 10.1. The number of carbonyl (C=O) groups excluding carboxylic acids is 2. The first-order valence-corrected chi connectivity index (χ1v) is 6.68. The summed E-state index contributed by atoms with van der Waals surface area (Å²) in [5.74, 6) is -1.33. The van der Waals surface area contributed by atoms with E-state index >= 15 is 0 Å². The monoisotopic (exact) mass is 318 g/mol. The van der Waals surface area contributed by atoms with Gasteiger partial charge in [0, 0.05) is 16.7 Å². The van der Waals surface area contributed by atoms with E-state index < -0.39 is 22.8 Å². The SMILES string of the molecule is COc1ccc(CC(=O)OC2=CC(C)=NC(=O)C2[N+](=O)[O-])cc1. The van der Waals surface area contributed by atoms with Crippen LogP contribution in [0, 0.1) is 10.1 Å². The molecule has 1 amide bonds. The van der Waals surface area contributed by atoms with E-state index in [1.54, 1.807) is 24.3 Å². The lowest BCUT2D eigenvalue weighted by molar-refractivity contribution is -0.501. The Hall–Kier alpha value is -3.03. The number of hydrogen-bond acceptors (Lipinski definition) is 6. The average Bonchev–Trinajstić information content (AvgIpc) is 2.46. The Morgan fingerprint density at radius 2 is 2.00 bits per heavy atom. The maximum Gasteiger partial charge on any atom is 0.348 e. The molecule has 1 aromatic rings. The quantitative estimate of drug-likeness (QED) is 0.460. The molecule has 2 rings (SSSR count). The molecular weight excluding hydrogens is 304 g/mol. The van der Waals surface area contributed by atoms with Crippen LogP contribution >= 0.6 is 0 Å². The molecule has 0 saturated heterocycles. The van der Waals surface area contributed by atoms with Crippen molar-refractivity contribution in [2.24, 2.45) is 4.99 Å². The number of nitrogens with zero attached hydrogens (tertiary/aromatic N) is 2. The van der Waals surface area contributed by atoms with E-state index in [1.165, 1.54) is 20.1 Å². The minimum absolute atomic E-state index is 0.0872. The molecule has 1 aliphatic heterocycles. The van der Waals surface area contributed by atoms with Gasteiger partial charge in [0.15, 0.2) is 5.76 Å². The highest BCUT2D eigenvalue weighted by molar-refractivity contribution is 6.06. The number of allylic oxidation sites excluding steroid dienone is 1. The predicted molar refractivity (Wildman–Crippen MR) is 79.8 cm³/mol. The summed E-state index contributed by atoms with van der Waals surface area (Å²) >= 11 is 0. The first kappa shape index (κ1) is 16.3. The maximum atomic E-state index is 11.9. The Morgan fingerprint density at radius 3 is 2.57 bits per heavy atom. The summed E-state index contributed by atoms with van der Waals surface area (Å²) in [6, 6.07) is 4.94. The smallest absolute Gasteiger partial charge is 0.348 e. The summed E-state index contributed by atoms with van der Waals surface area (Å²) in [5.41, 5.74) is 0.905. The average molecular weight is 318 g/mol. The molecule has 0 bridgehead atoms. The van der Waals surface area contributed by atoms with Gasteiger partial charge in [-0.2, -0.15) is 0 Å². The molecule has 1 unspecified atom stereocenters. The topological polar surface area (TPSA) is 108 Å². The van der Waals surface area contributed by atoms with Crippen LogP contribution in [0.2, 0.25) is 0 Å². The fourth-order valence-corrected chi connectivity index (χ4v) is 2.03. The van der Waals surface area contributed by atoms with Gasteiger partial charge >= 0.3 is 17.9 Å². The lowest BCUT2D eigenvalue weighted by Gasteiger charge is -2.14. The summed E-state index contributed by atoms with van der Waals surface area (Å²) in [7, 11) is 1.53. The summed E-state index contributed by atoms with van der Waals surface area (Å²) < 4.78 is 10.0. The number of esters is 1. The van der Waals surface area contributed by atoms with Gasteiger partial charge in [-0.15, -0.1) is 0 Å². The highest BCUT2D eigenvalue weighted by atomic mass is 16.6. The molecule has 120 valence electrons. The second-order valence-electron chi connectivity index (χ2n) is 4.82. The molecule has 1 aromatic carbocycles. The van der Waals surface area contributed by atoms with Crippen molar-refractivity contribution in [3.8, 4) is 5.75 Å². The van der Waals surface area contributed by atoms with Gasteiger partial charge in [0.1, 0.15) is 5.75 Å². The molecule has 1 heterocycles. The molecule has 0 saturated carbocycles. The maximum absolute atomic E-state index is 11.9. The van der Waals surface area contributed by atoms with E-state index in [4.69, 9.17) is 9.47 Å². The van der Waals surface area contributed by atoms with Crippen molar-refractivity contribution in [2.45, 2.75) is 19.4 Å². The van der Waals surface area contributed by atoms with Crippen molar-refractivity contribution >= 4 is 17.6 Å². The number of nitro groups is 1. The van der Waals surface area contributed by atoms with Crippen LogP contribution in [0.25, 0.3) is 0 Å². The first-order valence-electron chi connectivity index (χ1n) is 6.68. The van der Waals surface area contributed by atoms with Crippen LogP contribution in [0.4, 0.5) is 0 Å². The van der Waals surface area contributed by atoms with Crippen molar-refractivity contribution in [3.63, 3.8) is 0 Å². The summed E-state index contributed by atoms with van der Waals surface area (Å²) in [4.78, 5) is 37.2. The zero-order valence-corrected chi connectivity index (χ0v) is 12.5. The highest BCUT2D eigenvalue weighted by Crippen LogP contribution is 2.17. The molecule has 0 fully saturated rings. The number of amides is 1. The third-order valence-electron chi connectivity index (χ3n) is 3.09. The first-order chi connectivity index (χ1) is 10.9. The van der Waals surface area contributed by atoms with Gasteiger partial charge in [0.05, 0.1) is 13.5 Å². The van der Waals surface area contributed by atoms with E-state index in [9.17, 15) is 19.7 Å². The number of ether oxygens (including phenoxy) is 2. The van der Waals surface area contributed by atoms with Gasteiger partial charge in [-0.25, -0.2) is 4.99 Å². The summed E-state index contributed by atoms with van der Waals surface area (Å²) in [6.07, 6.45) is 1.14. The molecule has 0 radical (unpaired) electrons. The minimum atomic E-state index is -1.78. The van der Waals surface area contributed by atoms with Crippen LogP contribution in [-0.2, 0) is 20.7 Å². The van der Waals surface area contributed by atoms with Crippen molar-refractivity contribution in [1.82, 2.24) is 0 Å². The van der Waals surface area contributed by atoms with Crippen molar-refractivity contribution in [1.29, 1.82) is 0 Å². The number of hydrogen-bond donors (Lipinski definition) is 0. The molecule has 0 aliphatic carbocycles. The normalized spacial score (nSPS) is 17.1. The molecule has 0 N–H and O–H groups in total. The summed E-state index contributed by atoms with van der Waals surface area (Å²) in [5, 5.41) is 11.0. The number of aliphatic imine (C=N–C) groups is 1. The fraction of sp³-hybridized carbons (Fsp3) is 0.267. The third kappa shape index (κ3) is 4.00. The third-order valence-corrected chi connectivity index (χ3v) is 3.09. The standard InChI is InChI=1S/C15H14N2O6/c1-9-7-12(14(17(20)21)15(19)16-9)23-13(18)8-10-3-5-11(22-2)6-4-10/h3-7,14H,8H2,1-2H3. The highest BCUT2D eigenvalue weighted by Gasteiger charge is 2.39.